The lowest BCUT2D eigenvalue weighted by molar-refractivity contribution is 0.0446. The van der Waals surface area contributed by atoms with Gasteiger partial charge in [-0.05, 0) is 54.7 Å². The molecule has 0 unspecified atom stereocenters. The van der Waals surface area contributed by atoms with Gasteiger partial charge in [0.25, 0.3) is 0 Å². The molecule has 1 aromatic rings. The van der Waals surface area contributed by atoms with Crippen molar-refractivity contribution in [1.82, 2.24) is 5.32 Å². The Hall–Kier alpha value is -0.340. The van der Waals surface area contributed by atoms with E-state index in [9.17, 15) is 0 Å². The molecule has 1 N–H and O–H groups in total. The molecule has 20 heavy (non-hydrogen) atoms. The van der Waals surface area contributed by atoms with Crippen LogP contribution >= 0.6 is 15.9 Å². The Kier molecular flexibility index (Phi) is 3.75. The molecule has 110 valence electrons. The predicted octanol–water partition coefficient (Wildman–Crippen LogP) is 4.90. The van der Waals surface area contributed by atoms with Crippen LogP contribution in [0.2, 0.25) is 0 Å². The fraction of sp³-hybridized carbons (Fsp3) is 0.667. The van der Waals surface area contributed by atoms with Crippen LogP contribution in [0.4, 0.5) is 0 Å². The zero-order chi connectivity index (χ0) is 14.4. The molecule has 0 radical (unpaired) electrons. The second kappa shape index (κ2) is 5.14. The van der Waals surface area contributed by atoms with Gasteiger partial charge < -0.3 is 5.32 Å². The Morgan fingerprint density at radius 2 is 1.95 bits per heavy atom. The van der Waals surface area contributed by atoms with Gasteiger partial charge in [0, 0.05) is 22.5 Å². The molecular formula is C18H26BrN. The van der Waals surface area contributed by atoms with E-state index in [-0.39, 0.29) is 0 Å². The van der Waals surface area contributed by atoms with Gasteiger partial charge in [-0.1, -0.05) is 48.8 Å². The normalized spacial score (nSPS) is 30.1. The first-order valence-corrected chi connectivity index (χ1v) is 8.68. The Morgan fingerprint density at radius 1 is 1.25 bits per heavy atom. The first-order chi connectivity index (χ1) is 9.39. The minimum absolute atomic E-state index is 0.365. The van der Waals surface area contributed by atoms with Crippen LogP contribution in [0.5, 0.6) is 0 Å². The average molecular weight is 336 g/mol. The summed E-state index contributed by atoms with van der Waals surface area (Å²) in [6, 6.07) is 9.76. The average Bonchev–Trinajstić information content (AvgIpc) is 3.09. The number of nitrogens with one attached hydrogen (secondary N) is 1. The molecule has 2 heteroatoms. The van der Waals surface area contributed by atoms with Crippen LogP contribution in [0.3, 0.4) is 0 Å². The Balaban J connectivity index is 1.78. The van der Waals surface area contributed by atoms with E-state index in [1.165, 1.54) is 35.7 Å². The summed E-state index contributed by atoms with van der Waals surface area (Å²) in [4.78, 5) is 0. The summed E-state index contributed by atoms with van der Waals surface area (Å²) >= 11 is 3.63. The Labute approximate surface area is 131 Å². The molecule has 2 aliphatic carbocycles. The zero-order valence-electron chi connectivity index (χ0n) is 12.9. The highest BCUT2D eigenvalue weighted by molar-refractivity contribution is 9.10. The smallest absolute Gasteiger partial charge is 0.0178 e. The molecule has 0 amide bonds. The molecule has 0 aromatic heterocycles. The van der Waals surface area contributed by atoms with Gasteiger partial charge in [0.15, 0.2) is 0 Å². The maximum absolute atomic E-state index is 3.77. The van der Waals surface area contributed by atoms with E-state index in [0.717, 1.165) is 18.5 Å². The summed E-state index contributed by atoms with van der Waals surface area (Å²) in [5.74, 6) is 0.850. The molecule has 0 aliphatic heterocycles. The third-order valence-corrected chi connectivity index (χ3v) is 5.74. The number of hydrogen-bond donors (Lipinski definition) is 1. The minimum atomic E-state index is 0.365. The molecule has 0 spiro atoms. The summed E-state index contributed by atoms with van der Waals surface area (Å²) in [6.07, 6.45) is 5.40. The Morgan fingerprint density at radius 3 is 2.50 bits per heavy atom. The summed E-state index contributed by atoms with van der Waals surface area (Å²) in [5, 5.41) is 3.77. The van der Waals surface area contributed by atoms with Crippen molar-refractivity contribution in [1.29, 1.82) is 0 Å². The number of hydrogen-bond acceptors (Lipinski definition) is 1. The maximum Gasteiger partial charge on any atom is 0.0178 e. The van der Waals surface area contributed by atoms with Gasteiger partial charge in [-0.3, -0.25) is 0 Å². The standard InChI is InChI=1S/C18H26BrN/c1-17(2,3)14-10-18(11-14,12-20-16-7-8-16)13-5-4-6-15(19)9-13/h4-6,9,14,16,20H,7-8,10-12H2,1-3H3. The van der Waals surface area contributed by atoms with Gasteiger partial charge in [0.05, 0.1) is 0 Å². The third-order valence-electron chi connectivity index (χ3n) is 5.24. The van der Waals surface area contributed by atoms with Crippen molar-refractivity contribution in [2.45, 2.75) is 57.9 Å². The van der Waals surface area contributed by atoms with E-state index < -0.39 is 0 Å². The van der Waals surface area contributed by atoms with Gasteiger partial charge in [-0.15, -0.1) is 0 Å². The van der Waals surface area contributed by atoms with Crippen molar-refractivity contribution in [3.05, 3.63) is 34.3 Å². The third kappa shape index (κ3) is 2.96. The lowest BCUT2D eigenvalue weighted by Gasteiger charge is -2.53. The summed E-state index contributed by atoms with van der Waals surface area (Å²) in [6.45, 7) is 8.31. The van der Waals surface area contributed by atoms with Crippen LogP contribution in [-0.4, -0.2) is 12.6 Å². The molecule has 0 heterocycles. The first-order valence-electron chi connectivity index (χ1n) is 7.88. The van der Waals surface area contributed by atoms with Crippen LogP contribution in [0.15, 0.2) is 28.7 Å². The zero-order valence-corrected chi connectivity index (χ0v) is 14.5. The fourth-order valence-corrected chi connectivity index (χ4v) is 3.82. The fourth-order valence-electron chi connectivity index (χ4n) is 3.42. The van der Waals surface area contributed by atoms with Crippen LogP contribution in [0.25, 0.3) is 0 Å². The van der Waals surface area contributed by atoms with Gasteiger partial charge in [0.2, 0.25) is 0 Å². The molecule has 2 aliphatic rings. The highest BCUT2D eigenvalue weighted by Gasteiger charge is 2.49. The second-order valence-electron chi connectivity index (χ2n) is 7.92. The van der Waals surface area contributed by atoms with E-state index in [2.05, 4.69) is 66.3 Å². The highest BCUT2D eigenvalue weighted by atomic mass is 79.9. The maximum atomic E-state index is 3.77. The van der Waals surface area contributed by atoms with Crippen molar-refractivity contribution in [3.63, 3.8) is 0 Å². The molecule has 2 saturated carbocycles. The number of rotatable bonds is 4. The van der Waals surface area contributed by atoms with Crippen molar-refractivity contribution >= 4 is 15.9 Å². The largest absolute Gasteiger partial charge is 0.313 e. The molecular weight excluding hydrogens is 310 g/mol. The molecule has 0 bridgehead atoms. The summed E-state index contributed by atoms with van der Waals surface area (Å²) in [5.41, 5.74) is 2.32. The van der Waals surface area contributed by atoms with Crippen LogP contribution in [0, 0.1) is 11.3 Å². The molecule has 0 saturated heterocycles. The van der Waals surface area contributed by atoms with E-state index in [0.29, 0.717) is 10.8 Å². The van der Waals surface area contributed by atoms with Gasteiger partial charge >= 0.3 is 0 Å². The number of benzene rings is 1. The van der Waals surface area contributed by atoms with Crippen molar-refractivity contribution < 1.29 is 0 Å². The summed E-state index contributed by atoms with van der Waals surface area (Å²) < 4.78 is 1.21. The predicted molar refractivity (Wildman–Crippen MR) is 89.0 cm³/mol. The van der Waals surface area contributed by atoms with Crippen LogP contribution in [0.1, 0.15) is 52.0 Å². The van der Waals surface area contributed by atoms with Crippen molar-refractivity contribution in [2.24, 2.45) is 11.3 Å². The lowest BCUT2D eigenvalue weighted by atomic mass is 9.52. The molecule has 2 fully saturated rings. The molecule has 0 atom stereocenters. The minimum Gasteiger partial charge on any atom is -0.313 e. The summed E-state index contributed by atoms with van der Waals surface area (Å²) in [7, 11) is 0. The van der Waals surface area contributed by atoms with E-state index in [1.807, 2.05) is 0 Å². The quantitative estimate of drug-likeness (QED) is 0.825. The van der Waals surface area contributed by atoms with E-state index in [1.54, 1.807) is 0 Å². The van der Waals surface area contributed by atoms with Gasteiger partial charge in [-0.25, -0.2) is 0 Å². The second-order valence-corrected chi connectivity index (χ2v) is 8.83. The van der Waals surface area contributed by atoms with Crippen molar-refractivity contribution in [3.8, 4) is 0 Å². The van der Waals surface area contributed by atoms with Crippen molar-refractivity contribution in [2.75, 3.05) is 6.54 Å². The first kappa shape index (κ1) is 14.6. The van der Waals surface area contributed by atoms with Crippen LogP contribution < -0.4 is 5.32 Å². The SMILES string of the molecule is CC(C)(C)C1CC(CNC2CC2)(c2cccc(Br)c2)C1. The molecule has 1 nitrogen and oxygen atoms in total. The lowest BCUT2D eigenvalue weighted by Crippen LogP contribution is -2.52. The van der Waals surface area contributed by atoms with Gasteiger partial charge in [-0.2, -0.15) is 0 Å². The molecule has 3 rings (SSSR count). The van der Waals surface area contributed by atoms with Crippen LogP contribution in [-0.2, 0) is 5.41 Å². The van der Waals surface area contributed by atoms with E-state index in [4.69, 9.17) is 0 Å². The van der Waals surface area contributed by atoms with Gasteiger partial charge in [0.1, 0.15) is 0 Å². The topological polar surface area (TPSA) is 12.0 Å². The highest BCUT2D eigenvalue weighted by Crippen LogP contribution is 2.54. The monoisotopic (exact) mass is 335 g/mol. The van der Waals surface area contributed by atoms with E-state index >= 15 is 0 Å². The Bertz CT molecular complexity index is 478. The number of halogens is 1. The molecule has 1 aromatic carbocycles.